The van der Waals surface area contributed by atoms with Crippen molar-refractivity contribution in [2.24, 2.45) is 5.92 Å². The number of carbonyl (C=O) groups is 1. The van der Waals surface area contributed by atoms with Gasteiger partial charge in [0.05, 0.1) is 11.7 Å². The normalized spacial score (nSPS) is 17.8. The molecule has 1 N–H and O–H groups in total. The van der Waals surface area contributed by atoms with Crippen LogP contribution in [0.2, 0.25) is 0 Å². The number of carbonyl (C=O) groups excluding carboxylic acids is 1. The second-order valence-corrected chi connectivity index (χ2v) is 7.77. The third-order valence-corrected chi connectivity index (χ3v) is 5.63. The Morgan fingerprint density at radius 1 is 1.06 bits per heavy atom. The summed E-state index contributed by atoms with van der Waals surface area (Å²) < 4.78 is 27.8. The van der Waals surface area contributed by atoms with E-state index in [0.717, 1.165) is 31.1 Å². The lowest BCUT2D eigenvalue weighted by Crippen LogP contribution is -2.43. The molecule has 1 amide bonds. The molecule has 4 rings (SSSR count). The van der Waals surface area contributed by atoms with Crippen molar-refractivity contribution in [2.45, 2.75) is 25.4 Å². The molecular weight excluding hydrogens is 398 g/mol. The van der Waals surface area contributed by atoms with Gasteiger partial charge < -0.3 is 5.32 Å². The van der Waals surface area contributed by atoms with Crippen molar-refractivity contribution in [1.82, 2.24) is 20.2 Å². The number of hydrogen-bond acceptors (Lipinski definition) is 4. The summed E-state index contributed by atoms with van der Waals surface area (Å²) in [4.78, 5) is 23.5. The Morgan fingerprint density at radius 2 is 1.87 bits per heavy atom. The minimum Gasteiger partial charge on any atom is -0.342 e. The summed E-state index contributed by atoms with van der Waals surface area (Å²) in [7, 11) is 0. The maximum Gasteiger partial charge on any atom is 0.270 e. The third-order valence-electron chi connectivity index (χ3n) is 5.63. The molecule has 0 spiro atoms. The van der Waals surface area contributed by atoms with Gasteiger partial charge >= 0.3 is 0 Å². The van der Waals surface area contributed by atoms with E-state index in [1.54, 1.807) is 36.7 Å². The first-order chi connectivity index (χ1) is 15.1. The summed E-state index contributed by atoms with van der Waals surface area (Å²) in [5.74, 6) is -1.81. The average molecular weight is 422 g/mol. The van der Waals surface area contributed by atoms with E-state index in [9.17, 15) is 13.6 Å². The molecule has 0 unspecified atom stereocenters. The maximum atomic E-state index is 14.2. The van der Waals surface area contributed by atoms with Gasteiger partial charge in [0.25, 0.3) is 5.91 Å². The highest BCUT2D eigenvalue weighted by atomic mass is 19.2. The van der Waals surface area contributed by atoms with Crippen LogP contribution in [0.25, 0.3) is 0 Å². The Bertz CT molecular complexity index is 1020. The number of nitrogens with zero attached hydrogens (tertiary/aromatic N) is 3. The Kier molecular flexibility index (Phi) is 6.62. The van der Waals surface area contributed by atoms with E-state index in [2.05, 4.69) is 20.2 Å². The van der Waals surface area contributed by atoms with Gasteiger partial charge in [0.2, 0.25) is 0 Å². The summed E-state index contributed by atoms with van der Waals surface area (Å²) in [6.45, 7) is 1.75. The van der Waals surface area contributed by atoms with Gasteiger partial charge in [0.1, 0.15) is 5.69 Å². The molecular formula is C24H24F2N4O. The van der Waals surface area contributed by atoms with Crippen LogP contribution < -0.4 is 5.32 Å². The minimum atomic E-state index is -0.833. The summed E-state index contributed by atoms with van der Waals surface area (Å²) in [6, 6.07) is 14.8. The van der Waals surface area contributed by atoms with Crippen molar-refractivity contribution in [2.75, 3.05) is 13.1 Å². The SMILES string of the molecule is O=C(N[C@@H](c1ccccn1)[C@H]1CCCN(Cc2cccc(F)c2F)C1)c1ccccn1. The van der Waals surface area contributed by atoms with Crippen molar-refractivity contribution in [3.8, 4) is 0 Å². The van der Waals surface area contributed by atoms with Crippen molar-refractivity contribution >= 4 is 5.91 Å². The zero-order valence-electron chi connectivity index (χ0n) is 17.0. The first-order valence-corrected chi connectivity index (χ1v) is 10.4. The molecule has 3 aromatic rings. The highest BCUT2D eigenvalue weighted by Crippen LogP contribution is 2.30. The predicted octanol–water partition coefficient (Wildman–Crippen LogP) is 4.14. The Labute approximate surface area is 180 Å². The first kappa shape index (κ1) is 21.1. The largest absolute Gasteiger partial charge is 0.342 e. The second-order valence-electron chi connectivity index (χ2n) is 7.77. The number of piperidine rings is 1. The predicted molar refractivity (Wildman–Crippen MR) is 113 cm³/mol. The van der Waals surface area contributed by atoms with Crippen LogP contribution in [0.1, 0.15) is 40.6 Å². The maximum absolute atomic E-state index is 14.2. The Morgan fingerprint density at radius 3 is 2.61 bits per heavy atom. The van der Waals surface area contributed by atoms with Gasteiger partial charge in [-0.2, -0.15) is 0 Å². The van der Waals surface area contributed by atoms with E-state index in [0.29, 0.717) is 24.3 Å². The number of halogens is 2. The number of benzene rings is 1. The number of hydrogen-bond donors (Lipinski definition) is 1. The molecule has 0 saturated carbocycles. The Hall–Kier alpha value is -3.19. The molecule has 2 atom stereocenters. The molecule has 0 radical (unpaired) electrons. The molecule has 31 heavy (non-hydrogen) atoms. The highest BCUT2D eigenvalue weighted by molar-refractivity contribution is 5.92. The first-order valence-electron chi connectivity index (χ1n) is 10.4. The van der Waals surface area contributed by atoms with Gasteiger partial charge in [-0.05, 0) is 55.6 Å². The molecule has 1 aromatic carbocycles. The fourth-order valence-corrected chi connectivity index (χ4v) is 4.12. The van der Waals surface area contributed by atoms with E-state index in [1.807, 2.05) is 18.2 Å². The number of nitrogens with one attached hydrogen (secondary N) is 1. The van der Waals surface area contributed by atoms with Crippen molar-refractivity contribution in [3.05, 3.63) is 95.6 Å². The Balaban J connectivity index is 1.53. The average Bonchev–Trinajstić information content (AvgIpc) is 2.81. The molecule has 5 nitrogen and oxygen atoms in total. The zero-order chi connectivity index (χ0) is 21.6. The molecule has 7 heteroatoms. The standard InChI is InChI=1S/C24H24F2N4O/c25-19-9-5-7-17(22(19)26)15-30-14-6-8-18(16-30)23(20-10-1-3-12-27-20)29-24(31)21-11-2-4-13-28-21/h1-5,7,9-13,18,23H,6,8,14-16H2,(H,29,31)/t18-,23+/m0/s1. The smallest absolute Gasteiger partial charge is 0.270 e. The molecule has 160 valence electrons. The van der Waals surface area contributed by atoms with Crippen LogP contribution in [0.3, 0.4) is 0 Å². The number of likely N-dealkylation sites (tertiary alicyclic amines) is 1. The van der Waals surface area contributed by atoms with Crippen LogP contribution in [-0.2, 0) is 6.54 Å². The topological polar surface area (TPSA) is 58.1 Å². The summed E-state index contributed by atoms with van der Waals surface area (Å²) in [6.07, 6.45) is 5.08. The number of aromatic nitrogens is 2. The molecule has 3 heterocycles. The molecule has 0 bridgehead atoms. The molecule has 0 aliphatic carbocycles. The minimum absolute atomic E-state index is 0.0768. The van der Waals surface area contributed by atoms with Gasteiger partial charge in [0, 0.05) is 31.0 Å². The lowest BCUT2D eigenvalue weighted by atomic mass is 9.88. The van der Waals surface area contributed by atoms with Crippen molar-refractivity contribution in [1.29, 1.82) is 0 Å². The van der Waals surface area contributed by atoms with E-state index in [4.69, 9.17) is 0 Å². The van der Waals surface area contributed by atoms with Gasteiger partial charge in [-0.15, -0.1) is 0 Å². The molecule has 1 aliphatic rings. The second kappa shape index (κ2) is 9.75. The van der Waals surface area contributed by atoms with Crippen LogP contribution in [0.5, 0.6) is 0 Å². The quantitative estimate of drug-likeness (QED) is 0.649. The van der Waals surface area contributed by atoms with Gasteiger partial charge in [-0.25, -0.2) is 8.78 Å². The van der Waals surface area contributed by atoms with Crippen LogP contribution in [0, 0.1) is 17.6 Å². The van der Waals surface area contributed by atoms with Gasteiger partial charge in [0.15, 0.2) is 11.6 Å². The van der Waals surface area contributed by atoms with Crippen LogP contribution in [0.15, 0.2) is 67.0 Å². The third kappa shape index (κ3) is 5.11. The fraction of sp³-hybridized carbons (Fsp3) is 0.292. The molecule has 2 aromatic heterocycles. The molecule has 1 aliphatic heterocycles. The molecule has 1 saturated heterocycles. The van der Waals surface area contributed by atoms with E-state index < -0.39 is 11.6 Å². The zero-order valence-corrected chi connectivity index (χ0v) is 17.0. The molecule has 1 fully saturated rings. The number of rotatable bonds is 6. The lowest BCUT2D eigenvalue weighted by Gasteiger charge is -2.37. The number of pyridine rings is 2. The van der Waals surface area contributed by atoms with Crippen molar-refractivity contribution < 1.29 is 13.6 Å². The van der Waals surface area contributed by atoms with Crippen LogP contribution >= 0.6 is 0 Å². The van der Waals surface area contributed by atoms with E-state index in [-0.39, 0.29) is 17.9 Å². The van der Waals surface area contributed by atoms with Crippen LogP contribution in [-0.4, -0.2) is 33.9 Å². The van der Waals surface area contributed by atoms with Crippen molar-refractivity contribution in [3.63, 3.8) is 0 Å². The van der Waals surface area contributed by atoms with Gasteiger partial charge in [-0.3, -0.25) is 19.7 Å². The van der Waals surface area contributed by atoms with E-state index >= 15 is 0 Å². The number of amides is 1. The van der Waals surface area contributed by atoms with Gasteiger partial charge in [-0.1, -0.05) is 24.3 Å². The lowest BCUT2D eigenvalue weighted by molar-refractivity contribution is 0.0869. The van der Waals surface area contributed by atoms with Crippen LogP contribution in [0.4, 0.5) is 8.78 Å². The summed E-state index contributed by atoms with van der Waals surface area (Å²) >= 11 is 0. The highest BCUT2D eigenvalue weighted by Gasteiger charge is 2.31. The monoisotopic (exact) mass is 422 g/mol. The summed E-state index contributed by atoms with van der Waals surface area (Å²) in [5, 5.41) is 3.10. The fourth-order valence-electron chi connectivity index (χ4n) is 4.12. The summed E-state index contributed by atoms with van der Waals surface area (Å²) in [5.41, 5.74) is 1.46. The van der Waals surface area contributed by atoms with E-state index in [1.165, 1.54) is 6.07 Å².